The predicted molar refractivity (Wildman–Crippen MR) is 86.5 cm³/mol. The number of halogens is 1. The Hall–Kier alpha value is -1.79. The van der Waals surface area contributed by atoms with Crippen molar-refractivity contribution in [3.63, 3.8) is 0 Å². The first-order valence-corrected chi connectivity index (χ1v) is 7.83. The van der Waals surface area contributed by atoms with Gasteiger partial charge in [0.15, 0.2) is 5.58 Å². The van der Waals surface area contributed by atoms with Crippen molar-refractivity contribution in [3.8, 4) is 0 Å². The fourth-order valence-electron chi connectivity index (χ4n) is 2.61. The van der Waals surface area contributed by atoms with Gasteiger partial charge in [-0.3, -0.25) is 4.79 Å². The predicted octanol–water partition coefficient (Wildman–Crippen LogP) is 1.89. The lowest BCUT2D eigenvalue weighted by Gasteiger charge is -2.32. The maximum absolute atomic E-state index is 12.4. The molecule has 2 heterocycles. The largest absolute Gasteiger partial charge is 0.423 e. The molecule has 1 aliphatic heterocycles. The molecule has 6 nitrogen and oxygen atoms in total. The van der Waals surface area contributed by atoms with Gasteiger partial charge in [0.25, 0.3) is 11.9 Å². The summed E-state index contributed by atoms with van der Waals surface area (Å²) < 4.78 is 5.92. The standard InChI is InChI=1S/C15H19ClN4O2/c1-10-8-17-6-7-20(10)15-18-12-5-3-4-11(13(12)22-15)14(21)19(2)9-16/h3-5,10,17H,6-9H2,1-2H3/t10-/m0/s1. The molecule has 0 aliphatic carbocycles. The van der Waals surface area contributed by atoms with Gasteiger partial charge in [-0.2, -0.15) is 4.98 Å². The van der Waals surface area contributed by atoms with Gasteiger partial charge in [-0.05, 0) is 19.1 Å². The minimum atomic E-state index is -0.170. The third-order valence-electron chi connectivity index (χ3n) is 3.91. The number of para-hydroxylation sites is 1. The summed E-state index contributed by atoms with van der Waals surface area (Å²) in [5, 5.41) is 3.33. The van der Waals surface area contributed by atoms with E-state index in [2.05, 4.69) is 22.1 Å². The highest BCUT2D eigenvalue weighted by atomic mass is 35.5. The first kappa shape index (κ1) is 15.1. The van der Waals surface area contributed by atoms with E-state index in [4.69, 9.17) is 16.0 Å². The molecule has 1 atom stereocenters. The Bertz CT molecular complexity index is 687. The van der Waals surface area contributed by atoms with Crippen LogP contribution in [-0.2, 0) is 0 Å². The molecule has 0 bridgehead atoms. The van der Waals surface area contributed by atoms with Gasteiger partial charge in [0.05, 0.1) is 11.6 Å². The average molecular weight is 323 g/mol. The normalized spacial score (nSPS) is 18.7. The minimum absolute atomic E-state index is 0.130. The first-order valence-electron chi connectivity index (χ1n) is 7.30. The molecule has 0 unspecified atom stereocenters. The molecule has 1 aromatic heterocycles. The van der Waals surface area contributed by atoms with Crippen LogP contribution in [0.3, 0.4) is 0 Å². The van der Waals surface area contributed by atoms with Gasteiger partial charge in [0, 0.05) is 32.7 Å². The second-order valence-electron chi connectivity index (χ2n) is 5.52. The highest BCUT2D eigenvalue weighted by Gasteiger charge is 2.25. The number of carbonyl (C=O) groups is 1. The van der Waals surface area contributed by atoms with E-state index in [1.807, 2.05) is 12.1 Å². The van der Waals surface area contributed by atoms with Crippen LogP contribution in [0.1, 0.15) is 17.3 Å². The number of rotatable bonds is 3. The van der Waals surface area contributed by atoms with Gasteiger partial charge in [0.1, 0.15) is 5.52 Å². The van der Waals surface area contributed by atoms with Gasteiger partial charge in [0.2, 0.25) is 0 Å². The highest BCUT2D eigenvalue weighted by Crippen LogP contribution is 2.27. The SMILES string of the molecule is C[C@H]1CNCCN1c1nc2cccc(C(=O)N(C)CCl)c2o1. The van der Waals surface area contributed by atoms with Crippen molar-refractivity contribution in [1.29, 1.82) is 0 Å². The minimum Gasteiger partial charge on any atom is -0.423 e. The molecular formula is C15H19ClN4O2. The van der Waals surface area contributed by atoms with Crippen LogP contribution in [0.15, 0.2) is 22.6 Å². The monoisotopic (exact) mass is 322 g/mol. The Morgan fingerprint density at radius 1 is 1.59 bits per heavy atom. The van der Waals surface area contributed by atoms with E-state index in [1.54, 1.807) is 13.1 Å². The molecule has 3 rings (SSSR count). The molecule has 1 amide bonds. The number of hydrogen-bond acceptors (Lipinski definition) is 5. The van der Waals surface area contributed by atoms with Crippen molar-refractivity contribution >= 4 is 34.6 Å². The van der Waals surface area contributed by atoms with Crippen LogP contribution >= 0.6 is 11.6 Å². The number of hydrogen-bond donors (Lipinski definition) is 1. The van der Waals surface area contributed by atoms with Crippen LogP contribution < -0.4 is 10.2 Å². The molecule has 1 saturated heterocycles. The average Bonchev–Trinajstić information content (AvgIpc) is 2.97. The number of benzene rings is 1. The molecular weight excluding hydrogens is 304 g/mol. The quantitative estimate of drug-likeness (QED) is 0.691. The van der Waals surface area contributed by atoms with Crippen LogP contribution in [-0.4, -0.2) is 54.5 Å². The Morgan fingerprint density at radius 2 is 2.41 bits per heavy atom. The van der Waals surface area contributed by atoms with E-state index in [-0.39, 0.29) is 11.9 Å². The van der Waals surface area contributed by atoms with Crippen molar-refractivity contribution in [2.45, 2.75) is 13.0 Å². The number of nitrogens with zero attached hydrogens (tertiary/aromatic N) is 3. The summed E-state index contributed by atoms with van der Waals surface area (Å²) >= 11 is 5.74. The number of amides is 1. The summed E-state index contributed by atoms with van der Waals surface area (Å²) in [6.07, 6.45) is 0. The zero-order valence-corrected chi connectivity index (χ0v) is 13.4. The number of fused-ring (bicyclic) bond motifs is 1. The summed E-state index contributed by atoms with van der Waals surface area (Å²) in [5.41, 5.74) is 1.70. The number of oxazole rings is 1. The number of nitrogens with one attached hydrogen (secondary N) is 1. The van der Waals surface area contributed by atoms with E-state index in [0.29, 0.717) is 28.7 Å². The van der Waals surface area contributed by atoms with Crippen molar-refractivity contribution in [2.75, 3.05) is 37.6 Å². The molecule has 0 radical (unpaired) electrons. The maximum Gasteiger partial charge on any atom is 0.298 e. The molecule has 7 heteroatoms. The number of carbonyl (C=O) groups excluding carboxylic acids is 1. The van der Waals surface area contributed by atoms with E-state index in [9.17, 15) is 4.79 Å². The summed E-state index contributed by atoms with van der Waals surface area (Å²) in [6, 6.07) is 6.40. The fraction of sp³-hybridized carbons (Fsp3) is 0.467. The van der Waals surface area contributed by atoms with Crippen molar-refractivity contribution in [1.82, 2.24) is 15.2 Å². The van der Waals surface area contributed by atoms with E-state index >= 15 is 0 Å². The Balaban J connectivity index is 2.01. The molecule has 2 aromatic rings. The summed E-state index contributed by atoms with van der Waals surface area (Å²) in [4.78, 5) is 20.5. The van der Waals surface area contributed by atoms with E-state index in [0.717, 1.165) is 19.6 Å². The van der Waals surface area contributed by atoms with Gasteiger partial charge in [-0.1, -0.05) is 6.07 Å². The molecule has 0 spiro atoms. The Labute approximate surface area is 134 Å². The van der Waals surface area contributed by atoms with Gasteiger partial charge in [-0.15, -0.1) is 11.6 Å². The molecule has 1 fully saturated rings. The van der Waals surface area contributed by atoms with Gasteiger partial charge in [-0.25, -0.2) is 0 Å². The number of anilines is 1. The molecule has 1 aromatic carbocycles. The maximum atomic E-state index is 12.4. The Morgan fingerprint density at radius 3 is 3.14 bits per heavy atom. The summed E-state index contributed by atoms with van der Waals surface area (Å²) in [5.74, 6) is -0.170. The zero-order chi connectivity index (χ0) is 15.7. The second-order valence-corrected chi connectivity index (χ2v) is 5.76. The van der Waals surface area contributed by atoms with Crippen LogP contribution in [0.2, 0.25) is 0 Å². The lowest BCUT2D eigenvalue weighted by Crippen LogP contribution is -2.50. The van der Waals surface area contributed by atoms with Gasteiger partial charge < -0.3 is 19.5 Å². The molecule has 1 aliphatic rings. The number of piperazine rings is 1. The highest BCUT2D eigenvalue weighted by molar-refractivity contribution is 6.19. The van der Waals surface area contributed by atoms with Crippen LogP contribution in [0, 0.1) is 0 Å². The molecule has 1 N–H and O–H groups in total. The lowest BCUT2D eigenvalue weighted by atomic mass is 10.2. The van der Waals surface area contributed by atoms with Crippen LogP contribution in [0.5, 0.6) is 0 Å². The van der Waals surface area contributed by atoms with Crippen molar-refractivity contribution in [2.24, 2.45) is 0 Å². The molecule has 22 heavy (non-hydrogen) atoms. The van der Waals surface area contributed by atoms with Gasteiger partial charge >= 0.3 is 0 Å². The first-order chi connectivity index (χ1) is 10.6. The topological polar surface area (TPSA) is 61.6 Å². The van der Waals surface area contributed by atoms with Crippen LogP contribution in [0.4, 0.5) is 6.01 Å². The number of alkyl halides is 1. The second kappa shape index (κ2) is 6.14. The Kier molecular flexibility index (Phi) is 4.22. The van der Waals surface area contributed by atoms with E-state index in [1.165, 1.54) is 4.90 Å². The van der Waals surface area contributed by atoms with E-state index < -0.39 is 0 Å². The lowest BCUT2D eigenvalue weighted by molar-refractivity contribution is 0.0819. The van der Waals surface area contributed by atoms with Crippen LogP contribution in [0.25, 0.3) is 11.1 Å². The zero-order valence-electron chi connectivity index (χ0n) is 12.7. The third kappa shape index (κ3) is 2.64. The molecule has 118 valence electrons. The summed E-state index contributed by atoms with van der Waals surface area (Å²) in [6.45, 7) is 4.73. The third-order valence-corrected chi connectivity index (χ3v) is 4.27. The summed E-state index contributed by atoms with van der Waals surface area (Å²) in [7, 11) is 1.66. The van der Waals surface area contributed by atoms with Crippen molar-refractivity contribution < 1.29 is 9.21 Å². The molecule has 0 saturated carbocycles. The number of aromatic nitrogens is 1. The van der Waals surface area contributed by atoms with Crippen molar-refractivity contribution in [3.05, 3.63) is 23.8 Å². The fourth-order valence-corrected chi connectivity index (χ4v) is 2.72. The smallest absolute Gasteiger partial charge is 0.298 e.